The molecule has 0 radical (unpaired) electrons. The number of hydrogen-bond acceptors (Lipinski definition) is 0. The van der Waals surface area contributed by atoms with Crippen LogP contribution in [0.15, 0.2) is 55.1 Å². The second-order valence-corrected chi connectivity index (χ2v) is 7.90. The van der Waals surface area contributed by atoms with Crippen LogP contribution >= 0.6 is 31.9 Å². The number of fused-ring (bicyclic) bond motifs is 3. The summed E-state index contributed by atoms with van der Waals surface area (Å²) >= 11 is 7.69. The van der Waals surface area contributed by atoms with Crippen molar-refractivity contribution in [2.75, 3.05) is 0 Å². The maximum Gasteiger partial charge on any atom is 0.132 e. The first kappa shape index (κ1) is 12.2. The third-order valence-corrected chi connectivity index (χ3v) is 5.03. The molecule has 2 aromatic carbocycles. The Hall–Kier alpha value is -0.860. The zero-order valence-electron chi connectivity index (χ0n) is 9.79. The highest BCUT2D eigenvalue weighted by Crippen LogP contribution is 2.57. The number of halogens is 2. The van der Waals surface area contributed by atoms with E-state index in [0.717, 1.165) is 6.42 Å². The highest BCUT2D eigenvalue weighted by molar-refractivity contribution is 9.25. The summed E-state index contributed by atoms with van der Waals surface area (Å²) in [4.78, 5) is 0. The topological polar surface area (TPSA) is 0 Å². The van der Waals surface area contributed by atoms with Gasteiger partial charge in [-0.2, -0.15) is 0 Å². The summed E-state index contributed by atoms with van der Waals surface area (Å²) in [5.41, 5.74) is 6.50. The molecule has 2 aromatic rings. The van der Waals surface area contributed by atoms with Crippen molar-refractivity contribution in [3.8, 4) is 11.1 Å². The fraction of sp³-hybridized carbons (Fsp3) is 0.125. The van der Waals surface area contributed by atoms with Gasteiger partial charge in [-0.25, -0.2) is 0 Å². The minimum Gasteiger partial charge on any atom is -0.103 e. The molecule has 90 valence electrons. The van der Waals surface area contributed by atoms with Gasteiger partial charge in [-0.15, -0.1) is 6.58 Å². The van der Waals surface area contributed by atoms with Crippen LogP contribution in [0.5, 0.6) is 0 Å². The summed E-state index contributed by atoms with van der Waals surface area (Å²) in [6.45, 7) is 3.85. The molecule has 0 nitrogen and oxygen atoms in total. The summed E-state index contributed by atoms with van der Waals surface area (Å²) in [7, 11) is 0. The first-order valence-corrected chi connectivity index (χ1v) is 7.46. The molecular weight excluding hydrogens is 352 g/mol. The van der Waals surface area contributed by atoms with Crippen LogP contribution < -0.4 is 0 Å². The van der Waals surface area contributed by atoms with Crippen molar-refractivity contribution in [2.24, 2.45) is 0 Å². The molecule has 0 saturated carbocycles. The highest BCUT2D eigenvalue weighted by Gasteiger charge is 2.40. The van der Waals surface area contributed by atoms with E-state index in [4.69, 9.17) is 0 Å². The van der Waals surface area contributed by atoms with Crippen LogP contribution in [-0.2, 0) is 9.65 Å². The lowest BCUT2D eigenvalue weighted by Crippen LogP contribution is -2.09. The standard InChI is InChI=1S/C16H12Br2/c1-2-6-11-7-5-9-13-12-8-3-4-10-14(12)16(17,18)15(11)13/h2-5,7-10H,1,6H2. The number of hydrogen-bond donors (Lipinski definition) is 0. The Kier molecular flexibility index (Phi) is 2.95. The van der Waals surface area contributed by atoms with E-state index >= 15 is 0 Å². The Balaban J connectivity index is 2.34. The fourth-order valence-corrected chi connectivity index (χ4v) is 4.28. The molecular formula is C16H12Br2. The summed E-state index contributed by atoms with van der Waals surface area (Å²) < 4.78 is -0.272. The van der Waals surface area contributed by atoms with Crippen molar-refractivity contribution in [1.29, 1.82) is 0 Å². The Bertz CT molecular complexity index is 627. The Labute approximate surface area is 124 Å². The van der Waals surface area contributed by atoms with Crippen molar-refractivity contribution in [3.05, 3.63) is 71.8 Å². The quantitative estimate of drug-likeness (QED) is 0.496. The van der Waals surface area contributed by atoms with E-state index in [-0.39, 0.29) is 3.23 Å². The lowest BCUT2D eigenvalue weighted by atomic mass is 9.99. The lowest BCUT2D eigenvalue weighted by Gasteiger charge is -2.19. The molecule has 0 N–H and O–H groups in total. The molecule has 1 aliphatic rings. The first-order chi connectivity index (χ1) is 8.66. The number of benzene rings is 2. The minimum absolute atomic E-state index is 0.272. The molecule has 0 unspecified atom stereocenters. The molecule has 0 saturated heterocycles. The van der Waals surface area contributed by atoms with E-state index in [9.17, 15) is 0 Å². The van der Waals surface area contributed by atoms with Gasteiger partial charge < -0.3 is 0 Å². The molecule has 0 aromatic heterocycles. The minimum atomic E-state index is -0.272. The first-order valence-electron chi connectivity index (χ1n) is 5.87. The number of alkyl halides is 2. The fourth-order valence-electron chi connectivity index (χ4n) is 2.65. The van der Waals surface area contributed by atoms with Crippen LogP contribution in [0.3, 0.4) is 0 Å². The van der Waals surface area contributed by atoms with Gasteiger partial charge in [-0.05, 0) is 34.2 Å². The number of allylic oxidation sites excluding steroid dienone is 1. The molecule has 0 amide bonds. The monoisotopic (exact) mass is 362 g/mol. The lowest BCUT2D eigenvalue weighted by molar-refractivity contribution is 1.11. The third kappa shape index (κ3) is 1.63. The SMILES string of the molecule is C=CCc1cccc2c1C(Br)(Br)c1ccccc1-2. The Morgan fingerprint density at radius 3 is 2.50 bits per heavy atom. The molecule has 0 fully saturated rings. The molecule has 3 rings (SSSR count). The summed E-state index contributed by atoms with van der Waals surface area (Å²) in [6, 6.07) is 15.0. The van der Waals surface area contributed by atoms with Gasteiger partial charge in [-0.1, -0.05) is 80.4 Å². The van der Waals surface area contributed by atoms with E-state index in [2.05, 4.69) is 80.9 Å². The summed E-state index contributed by atoms with van der Waals surface area (Å²) in [5, 5.41) is 0. The van der Waals surface area contributed by atoms with Gasteiger partial charge in [0.05, 0.1) is 0 Å². The van der Waals surface area contributed by atoms with Gasteiger partial charge in [-0.3, -0.25) is 0 Å². The van der Waals surface area contributed by atoms with Crippen LogP contribution in [0.25, 0.3) is 11.1 Å². The van der Waals surface area contributed by atoms with Gasteiger partial charge in [0.25, 0.3) is 0 Å². The molecule has 0 atom stereocenters. The normalized spacial score (nSPS) is 15.0. The Morgan fingerprint density at radius 1 is 1.00 bits per heavy atom. The summed E-state index contributed by atoms with van der Waals surface area (Å²) in [6.07, 6.45) is 2.84. The average molecular weight is 364 g/mol. The average Bonchev–Trinajstić information content (AvgIpc) is 2.61. The van der Waals surface area contributed by atoms with Gasteiger partial charge in [0, 0.05) is 0 Å². The van der Waals surface area contributed by atoms with Crippen molar-refractivity contribution >= 4 is 31.9 Å². The van der Waals surface area contributed by atoms with E-state index in [1.165, 1.54) is 27.8 Å². The molecule has 0 spiro atoms. The predicted octanol–water partition coefficient (Wildman–Crippen LogP) is 5.39. The van der Waals surface area contributed by atoms with Crippen LogP contribution in [0.1, 0.15) is 16.7 Å². The van der Waals surface area contributed by atoms with Gasteiger partial charge in [0.2, 0.25) is 0 Å². The molecule has 0 aliphatic heterocycles. The van der Waals surface area contributed by atoms with Crippen LogP contribution in [0, 0.1) is 0 Å². The molecule has 0 heterocycles. The second kappa shape index (κ2) is 4.36. The second-order valence-electron chi connectivity index (χ2n) is 4.45. The molecule has 2 heteroatoms. The van der Waals surface area contributed by atoms with Gasteiger partial charge >= 0.3 is 0 Å². The smallest absolute Gasteiger partial charge is 0.103 e. The van der Waals surface area contributed by atoms with Crippen molar-refractivity contribution < 1.29 is 0 Å². The maximum atomic E-state index is 3.85. The largest absolute Gasteiger partial charge is 0.132 e. The van der Waals surface area contributed by atoms with Crippen molar-refractivity contribution in [2.45, 2.75) is 9.65 Å². The predicted molar refractivity (Wildman–Crippen MR) is 84.4 cm³/mol. The van der Waals surface area contributed by atoms with Crippen molar-refractivity contribution in [1.82, 2.24) is 0 Å². The third-order valence-electron chi connectivity index (χ3n) is 3.38. The van der Waals surface area contributed by atoms with Crippen molar-refractivity contribution in [3.63, 3.8) is 0 Å². The molecule has 0 bridgehead atoms. The highest BCUT2D eigenvalue weighted by atomic mass is 79.9. The number of rotatable bonds is 2. The van der Waals surface area contributed by atoms with E-state index in [1.807, 2.05) is 6.08 Å². The van der Waals surface area contributed by atoms with Gasteiger partial charge in [0.1, 0.15) is 3.23 Å². The summed E-state index contributed by atoms with van der Waals surface area (Å²) in [5.74, 6) is 0. The van der Waals surface area contributed by atoms with Crippen LogP contribution in [-0.4, -0.2) is 0 Å². The molecule has 18 heavy (non-hydrogen) atoms. The Morgan fingerprint density at radius 2 is 1.72 bits per heavy atom. The zero-order chi connectivity index (χ0) is 12.8. The maximum absolute atomic E-state index is 3.85. The van der Waals surface area contributed by atoms with Crippen LogP contribution in [0.2, 0.25) is 0 Å². The zero-order valence-corrected chi connectivity index (χ0v) is 13.0. The van der Waals surface area contributed by atoms with Gasteiger partial charge in [0.15, 0.2) is 0 Å². The van der Waals surface area contributed by atoms with Crippen LogP contribution in [0.4, 0.5) is 0 Å². The van der Waals surface area contributed by atoms with E-state index in [1.54, 1.807) is 0 Å². The molecule has 1 aliphatic carbocycles. The van der Waals surface area contributed by atoms with E-state index in [0.29, 0.717) is 0 Å². The van der Waals surface area contributed by atoms with E-state index < -0.39 is 0 Å².